The predicted molar refractivity (Wildman–Crippen MR) is 102 cm³/mol. The van der Waals surface area contributed by atoms with E-state index in [1.807, 2.05) is 7.05 Å². The Hall–Kier alpha value is -1.09. The molecule has 0 atom stereocenters. The maximum Gasteiger partial charge on any atom is 0.494 e. The topological polar surface area (TPSA) is 36.7 Å². The van der Waals surface area contributed by atoms with Gasteiger partial charge in [0.15, 0.2) is 11.5 Å². The minimum absolute atomic E-state index is 0.171. The van der Waals surface area contributed by atoms with Gasteiger partial charge >= 0.3 is 21.7 Å². The number of hydrogen-bond donors (Lipinski definition) is 1. The second kappa shape index (κ2) is 7.63. The van der Waals surface area contributed by atoms with Crippen LogP contribution in [0.4, 0.5) is 13.2 Å². The number of likely N-dealkylation sites (tertiary alicyclic amines) is 1. The minimum atomic E-state index is -4.75. The second-order valence-corrected chi connectivity index (χ2v) is 9.16. The number of alkyl halides is 6. The first-order chi connectivity index (χ1) is 12.9. The molecule has 5 nitrogen and oxygen atoms in total. The highest BCUT2D eigenvalue weighted by Crippen LogP contribution is 2.48. The van der Waals surface area contributed by atoms with Crippen molar-refractivity contribution in [1.29, 1.82) is 0 Å². The Balaban J connectivity index is 1.98. The summed E-state index contributed by atoms with van der Waals surface area (Å²) >= 11 is 18.0. The van der Waals surface area contributed by atoms with Gasteiger partial charge in [0.2, 0.25) is 0 Å². The number of halogens is 6. The summed E-state index contributed by atoms with van der Waals surface area (Å²) in [6.45, 7) is 1.38. The monoisotopic (exact) mass is 460 g/mol. The maximum absolute atomic E-state index is 14.0. The van der Waals surface area contributed by atoms with E-state index in [9.17, 15) is 13.2 Å². The van der Waals surface area contributed by atoms with Crippen LogP contribution < -0.4 is 14.8 Å². The molecule has 0 spiro atoms. The Kier molecular flexibility index (Phi) is 5.89. The van der Waals surface area contributed by atoms with E-state index in [4.69, 9.17) is 44.3 Å². The molecule has 0 saturated carbocycles. The molecule has 0 aliphatic carbocycles. The van der Waals surface area contributed by atoms with Crippen LogP contribution in [0.1, 0.15) is 12.8 Å². The van der Waals surface area contributed by atoms with Gasteiger partial charge in [0.05, 0.1) is 13.1 Å². The number of para-hydroxylation sites is 2. The molecule has 1 aromatic carbocycles. The fourth-order valence-electron chi connectivity index (χ4n) is 3.27. The average Bonchev–Trinajstić information content (AvgIpc) is 2.98. The van der Waals surface area contributed by atoms with Crippen molar-refractivity contribution in [3.63, 3.8) is 0 Å². The summed E-state index contributed by atoms with van der Waals surface area (Å²) in [6, 6.07) is 5.97. The first-order valence-electron chi connectivity index (χ1n) is 8.60. The third-order valence-electron chi connectivity index (χ3n) is 4.87. The van der Waals surface area contributed by atoms with Crippen molar-refractivity contribution < 1.29 is 27.2 Å². The van der Waals surface area contributed by atoms with E-state index >= 15 is 0 Å². The summed E-state index contributed by atoms with van der Waals surface area (Å²) in [5.74, 6) is -3.12. The zero-order chi connectivity index (χ0) is 20.7. The molecule has 0 aromatic heterocycles. The van der Waals surface area contributed by atoms with Crippen molar-refractivity contribution in [2.75, 3.05) is 27.2 Å². The van der Waals surface area contributed by atoms with Gasteiger partial charge in [0.1, 0.15) is 0 Å². The summed E-state index contributed by atoms with van der Waals surface area (Å²) in [5, 5.41) is 2.23. The highest BCUT2D eigenvalue weighted by Gasteiger charge is 2.66. The van der Waals surface area contributed by atoms with E-state index in [-0.39, 0.29) is 17.5 Å². The van der Waals surface area contributed by atoms with Crippen LogP contribution in [0.15, 0.2) is 24.3 Å². The zero-order valence-electron chi connectivity index (χ0n) is 15.2. The van der Waals surface area contributed by atoms with E-state index < -0.39 is 21.7 Å². The Labute approximate surface area is 175 Å². The fourth-order valence-corrected chi connectivity index (χ4v) is 3.64. The number of benzene rings is 1. The van der Waals surface area contributed by atoms with Gasteiger partial charge in [0.25, 0.3) is 0 Å². The molecule has 1 N–H and O–H groups in total. The SMILES string of the molecule is CN1CCC([N+](C)=C(NC2(C(Cl)(Cl)Cl)Oc3ccccc3O2)C(F)(F)F)CC1. The van der Waals surface area contributed by atoms with Crippen LogP contribution in [0.5, 0.6) is 11.5 Å². The van der Waals surface area contributed by atoms with E-state index in [1.54, 1.807) is 12.1 Å². The molecule has 28 heavy (non-hydrogen) atoms. The maximum atomic E-state index is 14.0. The van der Waals surface area contributed by atoms with Crippen molar-refractivity contribution in [3.05, 3.63) is 24.3 Å². The largest absolute Gasteiger partial charge is 0.494 e. The van der Waals surface area contributed by atoms with Gasteiger partial charge < -0.3 is 14.4 Å². The van der Waals surface area contributed by atoms with Crippen molar-refractivity contribution in [1.82, 2.24) is 10.2 Å². The lowest BCUT2D eigenvalue weighted by atomic mass is 10.1. The number of nitrogens with zero attached hydrogens (tertiary/aromatic N) is 2. The van der Waals surface area contributed by atoms with E-state index in [0.717, 1.165) is 4.58 Å². The molecule has 1 fully saturated rings. The molecule has 0 amide bonds. The predicted octanol–water partition coefficient (Wildman–Crippen LogP) is 3.77. The smallest absolute Gasteiger partial charge is 0.411 e. The number of nitrogens with one attached hydrogen (secondary N) is 1. The minimum Gasteiger partial charge on any atom is -0.411 e. The molecular weight excluding hydrogens is 442 g/mol. The Morgan fingerprint density at radius 2 is 1.64 bits per heavy atom. The Morgan fingerprint density at radius 1 is 1.14 bits per heavy atom. The van der Waals surface area contributed by atoms with Crippen molar-refractivity contribution in [3.8, 4) is 11.5 Å². The number of ether oxygens (including phenoxy) is 2. The molecule has 1 saturated heterocycles. The van der Waals surface area contributed by atoms with Crippen LogP contribution in [0.3, 0.4) is 0 Å². The number of fused-ring (bicyclic) bond motifs is 1. The van der Waals surface area contributed by atoms with Crippen LogP contribution in [-0.4, -0.2) is 64.4 Å². The quantitative estimate of drug-likeness (QED) is 0.315. The average molecular weight is 462 g/mol. The van der Waals surface area contributed by atoms with Gasteiger partial charge in [0, 0.05) is 25.9 Å². The molecule has 0 bridgehead atoms. The van der Waals surface area contributed by atoms with Crippen molar-refractivity contribution >= 4 is 40.6 Å². The normalized spacial score (nSPS) is 21.4. The number of hydrogen-bond acceptors (Lipinski definition) is 3. The number of piperidine rings is 1. The van der Waals surface area contributed by atoms with Gasteiger partial charge in [-0.05, 0) is 19.2 Å². The molecule has 0 unspecified atom stereocenters. The molecule has 156 valence electrons. The third kappa shape index (κ3) is 4.25. The molecule has 1 aromatic rings. The lowest BCUT2D eigenvalue weighted by molar-refractivity contribution is -0.551. The fraction of sp³-hybridized carbons (Fsp3) is 0.588. The van der Waals surface area contributed by atoms with Gasteiger partial charge in [-0.2, -0.15) is 18.5 Å². The van der Waals surface area contributed by atoms with Crippen LogP contribution >= 0.6 is 34.8 Å². The highest BCUT2D eigenvalue weighted by molar-refractivity contribution is 6.68. The lowest BCUT2D eigenvalue weighted by Crippen LogP contribution is -2.67. The van der Waals surface area contributed by atoms with Crippen LogP contribution in [0.25, 0.3) is 0 Å². The van der Waals surface area contributed by atoms with Crippen LogP contribution in [0.2, 0.25) is 0 Å². The lowest BCUT2D eigenvalue weighted by Gasteiger charge is -2.33. The summed E-state index contributed by atoms with van der Waals surface area (Å²) in [7, 11) is 3.29. The van der Waals surface area contributed by atoms with Gasteiger partial charge in [-0.15, -0.1) is 0 Å². The molecule has 11 heteroatoms. The first kappa shape index (κ1) is 21.6. The number of rotatable bonds is 2. The molecule has 0 radical (unpaired) electrons. The Bertz CT molecular complexity index is 735. The molecular formula is C17H20Cl3F3N3O2+. The third-order valence-corrected chi connectivity index (χ3v) is 5.62. The van der Waals surface area contributed by atoms with Crippen molar-refractivity contribution in [2.45, 2.75) is 34.8 Å². The summed E-state index contributed by atoms with van der Waals surface area (Å²) in [6.07, 6.45) is -3.61. The Morgan fingerprint density at radius 3 is 2.07 bits per heavy atom. The van der Waals surface area contributed by atoms with Gasteiger partial charge in [-0.25, -0.2) is 0 Å². The summed E-state index contributed by atoms with van der Waals surface area (Å²) in [4.78, 5) is 2.06. The molecule has 2 aliphatic heterocycles. The number of amidine groups is 1. The molecule has 2 heterocycles. The standard InChI is InChI=1S/C17H19Cl3F3N3O2/c1-25-9-7-11(8-10-25)26(2)14(15(21,22)23)24-17(16(18,19)20)27-12-5-3-4-6-13(12)28-17/h3-6,11H,7-10H2,1-2H3/p+1. The van der Waals surface area contributed by atoms with Crippen LogP contribution in [-0.2, 0) is 0 Å². The molecule has 3 rings (SSSR count). The van der Waals surface area contributed by atoms with Crippen molar-refractivity contribution in [2.24, 2.45) is 0 Å². The van der Waals surface area contributed by atoms with Crippen LogP contribution in [0, 0.1) is 0 Å². The summed E-state index contributed by atoms with van der Waals surface area (Å²) < 4.78 is 51.7. The van der Waals surface area contributed by atoms with Gasteiger partial charge in [-0.3, -0.25) is 4.58 Å². The molecule has 2 aliphatic rings. The first-order valence-corrected chi connectivity index (χ1v) is 9.74. The second-order valence-electron chi connectivity index (χ2n) is 6.88. The zero-order valence-corrected chi connectivity index (χ0v) is 17.5. The van der Waals surface area contributed by atoms with Gasteiger partial charge in [-0.1, -0.05) is 46.9 Å². The van der Waals surface area contributed by atoms with E-state index in [0.29, 0.717) is 25.9 Å². The van der Waals surface area contributed by atoms with E-state index in [1.165, 1.54) is 19.2 Å². The summed E-state index contributed by atoms with van der Waals surface area (Å²) in [5.41, 5.74) is 0. The highest BCUT2D eigenvalue weighted by atomic mass is 35.6. The van der Waals surface area contributed by atoms with E-state index in [2.05, 4.69) is 10.2 Å².